The molecule has 0 aromatic heterocycles. The van der Waals surface area contributed by atoms with Crippen molar-refractivity contribution in [2.45, 2.75) is 58.4 Å². The average Bonchev–Trinajstić information content (AvgIpc) is 2.26. The van der Waals surface area contributed by atoms with Crippen LogP contribution in [0.2, 0.25) is 0 Å². The summed E-state index contributed by atoms with van der Waals surface area (Å²) in [5.41, 5.74) is -0.497. The van der Waals surface area contributed by atoms with E-state index in [9.17, 15) is 4.79 Å². The molecule has 0 aliphatic heterocycles. The van der Waals surface area contributed by atoms with Crippen LogP contribution in [0.4, 0.5) is 0 Å². The first-order chi connectivity index (χ1) is 7.50. The van der Waals surface area contributed by atoms with Crippen molar-refractivity contribution in [1.29, 1.82) is 0 Å². The van der Waals surface area contributed by atoms with Crippen LogP contribution in [0.5, 0.6) is 0 Å². The number of methoxy groups -OCH3 is 1. The van der Waals surface area contributed by atoms with Crippen LogP contribution in [0.3, 0.4) is 0 Å². The molecule has 1 fully saturated rings. The van der Waals surface area contributed by atoms with Crippen molar-refractivity contribution in [3.05, 3.63) is 0 Å². The van der Waals surface area contributed by atoms with E-state index in [0.717, 1.165) is 32.2 Å². The molecule has 0 aromatic carbocycles. The van der Waals surface area contributed by atoms with Crippen LogP contribution >= 0.6 is 0 Å². The van der Waals surface area contributed by atoms with Gasteiger partial charge in [0.15, 0.2) is 0 Å². The molecule has 0 radical (unpaired) electrons. The lowest BCUT2D eigenvalue weighted by atomic mass is 9.63. The molecule has 0 heterocycles. The summed E-state index contributed by atoms with van der Waals surface area (Å²) in [4.78, 5) is 12.1. The first-order valence-corrected chi connectivity index (χ1v) is 6.33. The molecule has 0 aromatic rings. The van der Waals surface area contributed by atoms with Gasteiger partial charge in [0.2, 0.25) is 0 Å². The normalized spacial score (nSPS) is 28.8. The van der Waals surface area contributed by atoms with E-state index in [-0.39, 0.29) is 11.4 Å². The number of nitrogens with one attached hydrogen (secondary N) is 1. The Balaban J connectivity index is 2.95. The van der Waals surface area contributed by atoms with Crippen molar-refractivity contribution in [2.24, 2.45) is 5.41 Å². The Bertz CT molecular complexity index is 250. The topological polar surface area (TPSA) is 38.3 Å². The molecule has 1 aliphatic rings. The van der Waals surface area contributed by atoms with Gasteiger partial charge in [0.1, 0.15) is 5.54 Å². The SMILES string of the molecule is CCCNC1(C(=O)OC)CCCCC1(C)C. The highest BCUT2D eigenvalue weighted by atomic mass is 16.5. The number of rotatable bonds is 4. The van der Waals surface area contributed by atoms with Gasteiger partial charge < -0.3 is 10.1 Å². The third kappa shape index (κ3) is 2.24. The molecular formula is C13H25NO2. The van der Waals surface area contributed by atoms with E-state index in [1.807, 2.05) is 0 Å². The van der Waals surface area contributed by atoms with E-state index in [1.165, 1.54) is 13.5 Å². The van der Waals surface area contributed by atoms with Gasteiger partial charge in [0.05, 0.1) is 7.11 Å². The molecule has 1 saturated carbocycles. The lowest BCUT2D eigenvalue weighted by Gasteiger charge is -2.48. The van der Waals surface area contributed by atoms with Gasteiger partial charge >= 0.3 is 5.97 Å². The Hall–Kier alpha value is -0.570. The van der Waals surface area contributed by atoms with Crippen LogP contribution in [-0.2, 0) is 9.53 Å². The fourth-order valence-corrected chi connectivity index (χ4v) is 2.80. The van der Waals surface area contributed by atoms with Crippen LogP contribution in [0, 0.1) is 5.41 Å². The predicted molar refractivity (Wildman–Crippen MR) is 65.3 cm³/mol. The molecule has 1 unspecified atom stereocenters. The van der Waals surface area contributed by atoms with Gasteiger partial charge in [0, 0.05) is 0 Å². The number of carbonyl (C=O) groups is 1. The van der Waals surface area contributed by atoms with Crippen LogP contribution in [0.25, 0.3) is 0 Å². The summed E-state index contributed by atoms with van der Waals surface area (Å²) in [6.07, 6.45) is 5.33. The number of hydrogen-bond donors (Lipinski definition) is 1. The number of ether oxygens (including phenoxy) is 1. The molecule has 0 saturated heterocycles. The Morgan fingerprint density at radius 2 is 1.94 bits per heavy atom. The average molecular weight is 227 g/mol. The molecule has 1 atom stereocenters. The summed E-state index contributed by atoms with van der Waals surface area (Å²) in [7, 11) is 1.49. The van der Waals surface area contributed by atoms with E-state index in [4.69, 9.17) is 4.74 Å². The van der Waals surface area contributed by atoms with Crippen LogP contribution < -0.4 is 5.32 Å². The lowest BCUT2D eigenvalue weighted by molar-refractivity contribution is -0.157. The maximum absolute atomic E-state index is 12.1. The highest BCUT2D eigenvalue weighted by Gasteiger charge is 2.52. The molecule has 1 aliphatic carbocycles. The van der Waals surface area contributed by atoms with Crippen LogP contribution in [-0.4, -0.2) is 25.2 Å². The second kappa shape index (κ2) is 5.17. The Morgan fingerprint density at radius 3 is 2.44 bits per heavy atom. The molecule has 16 heavy (non-hydrogen) atoms. The van der Waals surface area contributed by atoms with Crippen molar-refractivity contribution in [2.75, 3.05) is 13.7 Å². The zero-order chi connectivity index (χ0) is 12.2. The zero-order valence-corrected chi connectivity index (χ0v) is 11.1. The molecule has 0 bridgehead atoms. The minimum absolute atomic E-state index is 0.0203. The van der Waals surface area contributed by atoms with E-state index in [0.29, 0.717) is 0 Å². The highest BCUT2D eigenvalue weighted by Crippen LogP contribution is 2.44. The van der Waals surface area contributed by atoms with Crippen molar-refractivity contribution in [3.63, 3.8) is 0 Å². The maximum Gasteiger partial charge on any atom is 0.326 e. The second-order valence-corrected chi connectivity index (χ2v) is 5.41. The molecule has 3 heteroatoms. The standard InChI is InChI=1S/C13H25NO2/c1-5-10-14-13(11(15)16-4)9-7-6-8-12(13,2)3/h14H,5-10H2,1-4H3. The number of hydrogen-bond acceptors (Lipinski definition) is 3. The van der Waals surface area contributed by atoms with Crippen molar-refractivity contribution in [3.8, 4) is 0 Å². The molecular weight excluding hydrogens is 202 g/mol. The molecule has 0 amide bonds. The summed E-state index contributed by atoms with van der Waals surface area (Å²) < 4.78 is 5.02. The third-order valence-corrected chi connectivity index (χ3v) is 3.97. The first-order valence-electron chi connectivity index (χ1n) is 6.33. The fraction of sp³-hybridized carbons (Fsp3) is 0.923. The summed E-state index contributed by atoms with van der Waals surface area (Å²) in [6, 6.07) is 0. The maximum atomic E-state index is 12.1. The molecule has 94 valence electrons. The summed E-state index contributed by atoms with van der Waals surface area (Å²) >= 11 is 0. The van der Waals surface area contributed by atoms with Crippen molar-refractivity contribution in [1.82, 2.24) is 5.32 Å². The largest absolute Gasteiger partial charge is 0.468 e. The van der Waals surface area contributed by atoms with Gasteiger partial charge in [0.25, 0.3) is 0 Å². The predicted octanol–water partition coefficient (Wildman–Crippen LogP) is 2.50. The van der Waals surface area contributed by atoms with E-state index < -0.39 is 5.54 Å². The van der Waals surface area contributed by atoms with Crippen LogP contribution in [0.1, 0.15) is 52.9 Å². The van der Waals surface area contributed by atoms with Gasteiger partial charge in [-0.05, 0) is 31.2 Å². The third-order valence-electron chi connectivity index (χ3n) is 3.97. The smallest absolute Gasteiger partial charge is 0.326 e. The van der Waals surface area contributed by atoms with Crippen LogP contribution in [0.15, 0.2) is 0 Å². The van der Waals surface area contributed by atoms with E-state index >= 15 is 0 Å². The van der Waals surface area contributed by atoms with Gasteiger partial charge in [-0.25, -0.2) is 0 Å². The Labute approximate surface area is 98.9 Å². The molecule has 1 N–H and O–H groups in total. The monoisotopic (exact) mass is 227 g/mol. The summed E-state index contributed by atoms with van der Waals surface area (Å²) in [6.45, 7) is 7.34. The van der Waals surface area contributed by atoms with Gasteiger partial charge in [-0.2, -0.15) is 0 Å². The summed E-state index contributed by atoms with van der Waals surface area (Å²) in [5, 5.41) is 3.45. The summed E-state index contributed by atoms with van der Waals surface area (Å²) in [5.74, 6) is -0.0920. The zero-order valence-electron chi connectivity index (χ0n) is 11.1. The highest BCUT2D eigenvalue weighted by molar-refractivity contribution is 5.82. The van der Waals surface area contributed by atoms with E-state index in [1.54, 1.807) is 0 Å². The lowest BCUT2D eigenvalue weighted by Crippen LogP contribution is -2.63. The first kappa shape index (κ1) is 13.5. The second-order valence-electron chi connectivity index (χ2n) is 5.41. The van der Waals surface area contributed by atoms with Gasteiger partial charge in [-0.15, -0.1) is 0 Å². The van der Waals surface area contributed by atoms with Crippen molar-refractivity contribution < 1.29 is 9.53 Å². The minimum atomic E-state index is -0.476. The van der Waals surface area contributed by atoms with E-state index in [2.05, 4.69) is 26.1 Å². The molecule has 1 rings (SSSR count). The van der Waals surface area contributed by atoms with Gasteiger partial charge in [-0.3, -0.25) is 4.79 Å². The number of carbonyl (C=O) groups excluding carboxylic acids is 1. The Morgan fingerprint density at radius 1 is 1.31 bits per heavy atom. The number of esters is 1. The molecule has 3 nitrogen and oxygen atoms in total. The van der Waals surface area contributed by atoms with Gasteiger partial charge in [-0.1, -0.05) is 33.6 Å². The molecule has 0 spiro atoms. The Kier molecular flexibility index (Phi) is 4.36. The fourth-order valence-electron chi connectivity index (χ4n) is 2.80. The minimum Gasteiger partial charge on any atom is -0.468 e. The quantitative estimate of drug-likeness (QED) is 0.750. The van der Waals surface area contributed by atoms with Crippen molar-refractivity contribution >= 4 is 5.97 Å².